The Morgan fingerprint density at radius 1 is 0.750 bits per heavy atom. The minimum Gasteiger partial charge on any atom is -0.304 e. The molecule has 4 heteroatoms. The summed E-state index contributed by atoms with van der Waals surface area (Å²) in [5, 5.41) is 0. The normalized spacial score (nSPS) is 19.7. The van der Waals surface area contributed by atoms with E-state index < -0.39 is 5.54 Å². The lowest BCUT2D eigenvalue weighted by molar-refractivity contribution is -0.110. The van der Waals surface area contributed by atoms with Gasteiger partial charge in [-0.3, -0.25) is 9.80 Å². The third-order valence-electron chi connectivity index (χ3n) is 8.48. The summed E-state index contributed by atoms with van der Waals surface area (Å²) in [5.74, 6) is 0.604. The van der Waals surface area contributed by atoms with Crippen LogP contribution in [0.25, 0.3) is 0 Å². The Kier molecular flexibility index (Phi) is 7.96. The maximum absolute atomic E-state index is 12.2. The average molecular weight is 482 g/mol. The average Bonchev–Trinajstić information content (AvgIpc) is 2.95. The summed E-state index contributed by atoms with van der Waals surface area (Å²) in [4.78, 5) is 19.9. The number of aldehydes is 1. The van der Waals surface area contributed by atoms with E-state index in [-0.39, 0.29) is 0 Å². The highest BCUT2D eigenvalue weighted by atomic mass is 16.1. The molecule has 0 aliphatic carbocycles. The van der Waals surface area contributed by atoms with Crippen LogP contribution in [0.3, 0.4) is 0 Å². The Labute approximate surface area is 216 Å². The van der Waals surface area contributed by atoms with Crippen LogP contribution in [0, 0.1) is 5.92 Å². The fourth-order valence-corrected chi connectivity index (χ4v) is 6.57. The van der Waals surface area contributed by atoms with Crippen molar-refractivity contribution in [3.63, 3.8) is 0 Å². The van der Waals surface area contributed by atoms with Gasteiger partial charge in [-0.05, 0) is 55.6 Å². The molecule has 2 heterocycles. The predicted octanol–water partition coefficient (Wildman–Crippen LogP) is 5.22. The summed E-state index contributed by atoms with van der Waals surface area (Å²) in [7, 11) is 2.23. The number of hydrogen-bond acceptors (Lipinski definition) is 4. The molecule has 2 aliphatic heterocycles. The summed E-state index contributed by atoms with van der Waals surface area (Å²) >= 11 is 0. The highest BCUT2D eigenvalue weighted by Gasteiger charge is 2.43. The standard InChI is InChI=1S/C32H39N3O/c1-33-22-24-34(25-23-33)31(27-11-5-2-6-12-27)28-17-20-35(21-18-28)32(19-26-36,29-13-7-3-8-14-29)30-15-9-4-10-16-30/h2-16,26,28,31H,17-25H2,1H3. The highest BCUT2D eigenvalue weighted by Crippen LogP contribution is 2.43. The van der Waals surface area contributed by atoms with E-state index in [9.17, 15) is 4.79 Å². The molecular formula is C32H39N3O. The monoisotopic (exact) mass is 481 g/mol. The van der Waals surface area contributed by atoms with Gasteiger partial charge in [-0.15, -0.1) is 0 Å². The van der Waals surface area contributed by atoms with Crippen LogP contribution < -0.4 is 0 Å². The fourth-order valence-electron chi connectivity index (χ4n) is 6.57. The first-order chi connectivity index (χ1) is 17.7. The summed E-state index contributed by atoms with van der Waals surface area (Å²) in [6, 6.07) is 32.9. The zero-order chi connectivity index (χ0) is 24.8. The van der Waals surface area contributed by atoms with Crippen LogP contribution in [0.1, 0.15) is 42.0 Å². The fraction of sp³-hybridized carbons (Fsp3) is 0.406. The molecule has 2 saturated heterocycles. The summed E-state index contributed by atoms with van der Waals surface area (Å²) in [6.07, 6.45) is 3.84. The van der Waals surface area contributed by atoms with E-state index in [1.807, 2.05) is 0 Å². The van der Waals surface area contributed by atoms with Crippen molar-refractivity contribution in [2.45, 2.75) is 30.8 Å². The lowest BCUT2D eigenvalue weighted by Gasteiger charge is -2.50. The Morgan fingerprint density at radius 2 is 1.25 bits per heavy atom. The largest absolute Gasteiger partial charge is 0.304 e. The van der Waals surface area contributed by atoms with Gasteiger partial charge in [0.2, 0.25) is 0 Å². The van der Waals surface area contributed by atoms with E-state index in [1.165, 1.54) is 16.7 Å². The van der Waals surface area contributed by atoms with Gasteiger partial charge >= 0.3 is 0 Å². The minimum absolute atomic E-state index is 0.425. The van der Waals surface area contributed by atoms with Gasteiger partial charge in [0.05, 0.1) is 5.54 Å². The molecule has 3 aromatic rings. The summed E-state index contributed by atoms with van der Waals surface area (Å²) in [5.41, 5.74) is 3.44. The van der Waals surface area contributed by atoms with Crippen LogP contribution in [0.2, 0.25) is 0 Å². The number of likely N-dealkylation sites (tertiary alicyclic amines) is 1. The van der Waals surface area contributed by atoms with E-state index in [0.717, 1.165) is 58.4 Å². The quantitative estimate of drug-likeness (QED) is 0.412. The maximum Gasteiger partial charge on any atom is 0.122 e. The number of piperazine rings is 1. The van der Waals surface area contributed by atoms with Crippen LogP contribution >= 0.6 is 0 Å². The van der Waals surface area contributed by atoms with Crippen molar-refractivity contribution in [3.8, 4) is 0 Å². The number of likely N-dealkylation sites (N-methyl/N-ethyl adjacent to an activating group) is 1. The SMILES string of the molecule is CN1CCN(C(c2ccccc2)C2CCN(C(CC=O)(c3ccccc3)c3ccccc3)CC2)CC1. The smallest absolute Gasteiger partial charge is 0.122 e. The van der Waals surface area contributed by atoms with Crippen LogP contribution in [-0.2, 0) is 10.3 Å². The van der Waals surface area contributed by atoms with Crippen LogP contribution in [0.4, 0.5) is 0 Å². The maximum atomic E-state index is 12.2. The van der Waals surface area contributed by atoms with E-state index in [1.54, 1.807) is 0 Å². The molecule has 2 aliphatic rings. The molecular weight excluding hydrogens is 442 g/mol. The van der Waals surface area contributed by atoms with E-state index in [2.05, 4.69) is 113 Å². The Bertz CT molecular complexity index is 1030. The Balaban J connectivity index is 1.44. The van der Waals surface area contributed by atoms with Crippen molar-refractivity contribution in [1.82, 2.24) is 14.7 Å². The molecule has 4 nitrogen and oxygen atoms in total. The minimum atomic E-state index is -0.425. The second kappa shape index (κ2) is 11.5. The summed E-state index contributed by atoms with van der Waals surface area (Å²) in [6.45, 7) is 6.48. The summed E-state index contributed by atoms with van der Waals surface area (Å²) < 4.78 is 0. The molecule has 0 saturated carbocycles. The third kappa shape index (κ3) is 5.04. The van der Waals surface area contributed by atoms with Crippen molar-refractivity contribution < 1.29 is 4.79 Å². The van der Waals surface area contributed by atoms with Gasteiger partial charge in [0.1, 0.15) is 6.29 Å². The molecule has 1 atom stereocenters. The molecule has 5 rings (SSSR count). The first-order valence-corrected chi connectivity index (χ1v) is 13.5. The predicted molar refractivity (Wildman–Crippen MR) is 147 cm³/mol. The Hall–Kier alpha value is -2.79. The van der Waals surface area contributed by atoms with E-state index in [0.29, 0.717) is 18.4 Å². The van der Waals surface area contributed by atoms with Crippen molar-refractivity contribution in [2.24, 2.45) is 5.92 Å². The van der Waals surface area contributed by atoms with Crippen molar-refractivity contribution in [1.29, 1.82) is 0 Å². The number of piperidine rings is 1. The highest BCUT2D eigenvalue weighted by molar-refractivity contribution is 5.57. The van der Waals surface area contributed by atoms with Crippen LogP contribution in [0.5, 0.6) is 0 Å². The van der Waals surface area contributed by atoms with Gasteiger partial charge in [0.25, 0.3) is 0 Å². The molecule has 2 fully saturated rings. The van der Waals surface area contributed by atoms with Crippen molar-refractivity contribution >= 4 is 6.29 Å². The number of nitrogens with zero attached hydrogens (tertiary/aromatic N) is 3. The third-order valence-corrected chi connectivity index (χ3v) is 8.48. The molecule has 1 unspecified atom stereocenters. The molecule has 36 heavy (non-hydrogen) atoms. The van der Waals surface area contributed by atoms with Crippen molar-refractivity contribution in [2.75, 3.05) is 46.3 Å². The number of carbonyl (C=O) groups excluding carboxylic acids is 1. The number of rotatable bonds is 8. The number of hydrogen-bond donors (Lipinski definition) is 0. The molecule has 0 spiro atoms. The van der Waals surface area contributed by atoms with Gasteiger partial charge in [0.15, 0.2) is 0 Å². The van der Waals surface area contributed by atoms with Gasteiger partial charge < -0.3 is 9.69 Å². The van der Waals surface area contributed by atoms with E-state index in [4.69, 9.17) is 0 Å². The lowest BCUT2D eigenvalue weighted by Crippen LogP contribution is -2.53. The second-order valence-electron chi connectivity index (χ2n) is 10.5. The number of benzene rings is 3. The van der Waals surface area contributed by atoms with Gasteiger partial charge in [-0.2, -0.15) is 0 Å². The molecule has 3 aromatic carbocycles. The molecule has 0 bridgehead atoms. The van der Waals surface area contributed by atoms with Gasteiger partial charge in [0, 0.05) is 38.6 Å². The number of carbonyl (C=O) groups is 1. The molecule has 0 amide bonds. The molecule has 0 N–H and O–H groups in total. The van der Waals surface area contributed by atoms with Gasteiger partial charge in [-0.1, -0.05) is 91.0 Å². The van der Waals surface area contributed by atoms with Gasteiger partial charge in [-0.25, -0.2) is 0 Å². The molecule has 0 aromatic heterocycles. The molecule has 0 radical (unpaired) electrons. The van der Waals surface area contributed by atoms with Crippen LogP contribution in [0.15, 0.2) is 91.0 Å². The first kappa shape index (κ1) is 24.9. The van der Waals surface area contributed by atoms with E-state index >= 15 is 0 Å². The lowest BCUT2D eigenvalue weighted by atomic mass is 9.76. The molecule has 188 valence electrons. The first-order valence-electron chi connectivity index (χ1n) is 13.5. The van der Waals surface area contributed by atoms with Crippen molar-refractivity contribution in [3.05, 3.63) is 108 Å². The zero-order valence-electron chi connectivity index (χ0n) is 21.5. The van der Waals surface area contributed by atoms with Crippen LogP contribution in [-0.4, -0.2) is 67.3 Å². The Morgan fingerprint density at radius 3 is 1.75 bits per heavy atom. The topological polar surface area (TPSA) is 26.8 Å². The zero-order valence-corrected chi connectivity index (χ0v) is 21.5. The second-order valence-corrected chi connectivity index (χ2v) is 10.5.